The monoisotopic (exact) mass is 501 g/mol. The molecule has 4 nitrogen and oxygen atoms in total. The molecule has 0 radical (unpaired) electrons. The van der Waals surface area contributed by atoms with E-state index in [2.05, 4.69) is 33.0 Å². The maximum Gasteiger partial charge on any atom is 0.251 e. The van der Waals surface area contributed by atoms with Crippen LogP contribution in [0, 0.1) is 12.7 Å². The van der Waals surface area contributed by atoms with Crippen LogP contribution in [0.3, 0.4) is 0 Å². The van der Waals surface area contributed by atoms with E-state index in [1.165, 1.54) is 17.7 Å². The fourth-order valence-corrected chi connectivity index (χ4v) is 4.75. The standard InChI is InChI=1S/C27H21BrFN3O/c1-16-9-20(5-7-30-16)27-25-12-18(3-4-21(25)15-31-27)19-6-8-32(26(33)13-19)17(2)22-10-23(28)14-24(29)11-22/h3-14,17H,15H2,1-2H3. The highest BCUT2D eigenvalue weighted by Crippen LogP contribution is 2.29. The van der Waals surface area contributed by atoms with Crippen molar-refractivity contribution in [1.82, 2.24) is 9.55 Å². The van der Waals surface area contributed by atoms with Crippen molar-refractivity contribution in [2.24, 2.45) is 4.99 Å². The Hall–Kier alpha value is -3.38. The van der Waals surface area contributed by atoms with Crippen molar-refractivity contribution < 1.29 is 4.39 Å². The Labute approximate surface area is 199 Å². The van der Waals surface area contributed by atoms with Crippen molar-refractivity contribution in [2.75, 3.05) is 0 Å². The first-order chi connectivity index (χ1) is 15.9. The lowest BCUT2D eigenvalue weighted by Crippen LogP contribution is -2.22. The van der Waals surface area contributed by atoms with Gasteiger partial charge < -0.3 is 4.57 Å². The number of aliphatic imine (C=N–C) groups is 1. The van der Waals surface area contributed by atoms with Crippen molar-refractivity contribution in [3.05, 3.63) is 122 Å². The quantitative estimate of drug-likeness (QED) is 0.340. The molecular weight excluding hydrogens is 481 g/mol. The Morgan fingerprint density at radius 2 is 1.82 bits per heavy atom. The molecule has 0 saturated carbocycles. The molecule has 0 saturated heterocycles. The van der Waals surface area contributed by atoms with Crippen LogP contribution in [0.2, 0.25) is 0 Å². The molecule has 0 N–H and O–H groups in total. The molecule has 1 aliphatic heterocycles. The lowest BCUT2D eigenvalue weighted by Gasteiger charge is -2.17. The number of nitrogens with zero attached hydrogens (tertiary/aromatic N) is 3. The van der Waals surface area contributed by atoms with Crippen molar-refractivity contribution in [2.45, 2.75) is 26.4 Å². The number of halogens is 2. The third-order valence-corrected chi connectivity index (χ3v) is 6.47. The van der Waals surface area contributed by atoms with Crippen molar-refractivity contribution >= 4 is 21.6 Å². The van der Waals surface area contributed by atoms with Gasteiger partial charge in [-0.3, -0.25) is 14.8 Å². The first kappa shape index (κ1) is 21.5. The second-order valence-electron chi connectivity index (χ2n) is 8.26. The molecule has 2 aromatic carbocycles. The molecule has 0 aliphatic carbocycles. The van der Waals surface area contributed by atoms with E-state index in [9.17, 15) is 9.18 Å². The maximum absolute atomic E-state index is 13.8. The second-order valence-corrected chi connectivity index (χ2v) is 9.18. The fourth-order valence-electron chi connectivity index (χ4n) is 4.27. The van der Waals surface area contributed by atoms with Gasteiger partial charge in [0, 0.05) is 39.8 Å². The van der Waals surface area contributed by atoms with E-state index >= 15 is 0 Å². The van der Waals surface area contributed by atoms with E-state index in [-0.39, 0.29) is 17.4 Å². The molecule has 5 rings (SSSR count). The normalized spacial score (nSPS) is 13.5. The highest BCUT2D eigenvalue weighted by atomic mass is 79.9. The Morgan fingerprint density at radius 1 is 1.00 bits per heavy atom. The van der Waals surface area contributed by atoms with Gasteiger partial charge in [-0.2, -0.15) is 0 Å². The van der Waals surface area contributed by atoms with Crippen LogP contribution in [0.25, 0.3) is 11.1 Å². The molecular formula is C27H21BrFN3O. The van der Waals surface area contributed by atoms with Crippen molar-refractivity contribution in [3.63, 3.8) is 0 Å². The minimum Gasteiger partial charge on any atom is -0.308 e. The summed E-state index contributed by atoms with van der Waals surface area (Å²) in [6.07, 6.45) is 3.57. The van der Waals surface area contributed by atoms with E-state index in [1.807, 2.05) is 44.2 Å². The van der Waals surface area contributed by atoms with Crippen LogP contribution >= 0.6 is 15.9 Å². The van der Waals surface area contributed by atoms with Gasteiger partial charge in [-0.15, -0.1) is 0 Å². The largest absolute Gasteiger partial charge is 0.308 e. The summed E-state index contributed by atoms with van der Waals surface area (Å²) in [6.45, 7) is 4.50. The summed E-state index contributed by atoms with van der Waals surface area (Å²) in [5, 5.41) is 0. The Balaban J connectivity index is 1.49. The van der Waals surface area contributed by atoms with Gasteiger partial charge in [0.25, 0.3) is 5.56 Å². The number of hydrogen-bond acceptors (Lipinski definition) is 3. The van der Waals surface area contributed by atoms with Gasteiger partial charge in [0.15, 0.2) is 0 Å². The summed E-state index contributed by atoms with van der Waals surface area (Å²) in [7, 11) is 0. The van der Waals surface area contributed by atoms with Gasteiger partial charge in [0.05, 0.1) is 18.3 Å². The smallest absolute Gasteiger partial charge is 0.251 e. The van der Waals surface area contributed by atoms with Crippen LogP contribution in [0.15, 0.2) is 87.3 Å². The van der Waals surface area contributed by atoms with E-state index < -0.39 is 0 Å². The molecule has 1 unspecified atom stereocenters. The predicted molar refractivity (Wildman–Crippen MR) is 132 cm³/mol. The summed E-state index contributed by atoms with van der Waals surface area (Å²) in [6, 6.07) is 18.2. The summed E-state index contributed by atoms with van der Waals surface area (Å²) in [4.78, 5) is 22.0. The molecule has 1 atom stereocenters. The van der Waals surface area contributed by atoms with Crippen LogP contribution in [0.1, 0.15) is 40.9 Å². The zero-order valence-corrected chi connectivity index (χ0v) is 19.8. The summed E-state index contributed by atoms with van der Waals surface area (Å²) >= 11 is 3.32. The van der Waals surface area contributed by atoms with Crippen molar-refractivity contribution in [1.29, 1.82) is 0 Å². The number of pyridine rings is 2. The number of hydrogen-bond donors (Lipinski definition) is 0. The summed E-state index contributed by atoms with van der Waals surface area (Å²) in [5.41, 5.74) is 7.58. The van der Waals surface area contributed by atoms with Gasteiger partial charge in [0.1, 0.15) is 5.82 Å². The van der Waals surface area contributed by atoms with E-state index in [0.29, 0.717) is 11.0 Å². The average molecular weight is 502 g/mol. The number of aromatic nitrogens is 2. The van der Waals surface area contributed by atoms with Crippen molar-refractivity contribution in [3.8, 4) is 11.1 Å². The van der Waals surface area contributed by atoms with Gasteiger partial charge in [-0.05, 0) is 78.6 Å². The van der Waals surface area contributed by atoms with Crippen LogP contribution in [-0.4, -0.2) is 15.3 Å². The van der Waals surface area contributed by atoms with Crippen LogP contribution in [-0.2, 0) is 6.54 Å². The molecule has 0 bridgehead atoms. The molecule has 0 spiro atoms. The first-order valence-electron chi connectivity index (χ1n) is 10.7. The SMILES string of the molecule is Cc1cc(C2=NCc3ccc(-c4ccn(C(C)c5cc(F)cc(Br)c5)c(=O)c4)cc32)ccn1. The van der Waals surface area contributed by atoms with E-state index in [1.54, 1.807) is 23.0 Å². The second kappa shape index (κ2) is 8.52. The minimum atomic E-state index is -0.337. The Bertz CT molecular complexity index is 1450. The molecule has 6 heteroatoms. The minimum absolute atomic E-state index is 0.139. The fraction of sp³-hybridized carbons (Fsp3) is 0.148. The molecule has 0 fully saturated rings. The number of aryl methyl sites for hydroxylation is 1. The molecule has 33 heavy (non-hydrogen) atoms. The highest BCUT2D eigenvalue weighted by molar-refractivity contribution is 9.10. The van der Waals surface area contributed by atoms with Gasteiger partial charge in [0.2, 0.25) is 0 Å². The summed E-state index contributed by atoms with van der Waals surface area (Å²) < 4.78 is 16.1. The molecule has 3 heterocycles. The average Bonchev–Trinajstić information content (AvgIpc) is 3.21. The molecule has 2 aromatic heterocycles. The van der Waals surface area contributed by atoms with E-state index in [4.69, 9.17) is 4.99 Å². The van der Waals surface area contributed by atoms with Gasteiger partial charge >= 0.3 is 0 Å². The van der Waals surface area contributed by atoms with E-state index in [0.717, 1.165) is 39.2 Å². The lowest BCUT2D eigenvalue weighted by atomic mass is 9.95. The topological polar surface area (TPSA) is 47.2 Å². The third kappa shape index (κ3) is 4.18. The Morgan fingerprint density at radius 3 is 2.58 bits per heavy atom. The predicted octanol–water partition coefficient (Wildman–Crippen LogP) is 6.08. The first-order valence-corrected chi connectivity index (χ1v) is 11.5. The molecule has 0 amide bonds. The molecule has 164 valence electrons. The zero-order valence-electron chi connectivity index (χ0n) is 18.2. The highest BCUT2D eigenvalue weighted by Gasteiger charge is 2.19. The number of rotatable bonds is 4. The van der Waals surface area contributed by atoms with Gasteiger partial charge in [-0.25, -0.2) is 4.39 Å². The number of fused-ring (bicyclic) bond motifs is 1. The molecule has 4 aromatic rings. The summed E-state index contributed by atoms with van der Waals surface area (Å²) in [5.74, 6) is -0.337. The van der Waals surface area contributed by atoms with Crippen LogP contribution < -0.4 is 5.56 Å². The van der Waals surface area contributed by atoms with Crippen LogP contribution in [0.4, 0.5) is 4.39 Å². The van der Waals surface area contributed by atoms with Crippen LogP contribution in [0.5, 0.6) is 0 Å². The number of benzene rings is 2. The lowest BCUT2D eigenvalue weighted by molar-refractivity contribution is 0.592. The molecule has 1 aliphatic rings. The van der Waals surface area contributed by atoms with Gasteiger partial charge in [-0.1, -0.05) is 28.1 Å². The Kier molecular flexibility index (Phi) is 5.54. The maximum atomic E-state index is 13.8. The zero-order chi connectivity index (χ0) is 23.1. The third-order valence-electron chi connectivity index (χ3n) is 6.01.